The molecular formula is C24H27NO6. The van der Waals surface area contributed by atoms with Crippen molar-refractivity contribution in [2.45, 2.75) is 12.8 Å². The van der Waals surface area contributed by atoms with Gasteiger partial charge in [-0.1, -0.05) is 0 Å². The number of rotatable bonds is 9. The van der Waals surface area contributed by atoms with Gasteiger partial charge in [0.2, 0.25) is 5.75 Å². The molecule has 7 nitrogen and oxygen atoms in total. The fourth-order valence-electron chi connectivity index (χ4n) is 3.44. The SMILES string of the molecule is COc1ccc(/C=C/C(=O)c2ccc(OCC(=O)N3CCCC3)cc2)c(OC)c1OC. The van der Waals surface area contributed by atoms with Gasteiger partial charge >= 0.3 is 0 Å². The van der Waals surface area contributed by atoms with Gasteiger partial charge in [0.15, 0.2) is 23.9 Å². The predicted molar refractivity (Wildman–Crippen MR) is 117 cm³/mol. The van der Waals surface area contributed by atoms with E-state index in [0.717, 1.165) is 25.9 Å². The van der Waals surface area contributed by atoms with Crippen LogP contribution in [0.4, 0.5) is 0 Å². The zero-order chi connectivity index (χ0) is 22.2. The Morgan fingerprint density at radius 2 is 1.58 bits per heavy atom. The Morgan fingerprint density at radius 1 is 0.903 bits per heavy atom. The summed E-state index contributed by atoms with van der Waals surface area (Å²) in [5, 5.41) is 0. The summed E-state index contributed by atoms with van der Waals surface area (Å²) in [4.78, 5) is 26.4. The van der Waals surface area contributed by atoms with Crippen molar-refractivity contribution < 1.29 is 28.5 Å². The second-order valence-electron chi connectivity index (χ2n) is 7.02. The minimum atomic E-state index is -0.170. The number of likely N-dealkylation sites (tertiary alicyclic amines) is 1. The molecule has 1 fully saturated rings. The van der Waals surface area contributed by atoms with E-state index < -0.39 is 0 Å². The summed E-state index contributed by atoms with van der Waals surface area (Å²) >= 11 is 0. The summed E-state index contributed by atoms with van der Waals surface area (Å²) in [6, 6.07) is 10.3. The van der Waals surface area contributed by atoms with Crippen molar-refractivity contribution in [3.63, 3.8) is 0 Å². The van der Waals surface area contributed by atoms with Crippen LogP contribution in [0.15, 0.2) is 42.5 Å². The van der Waals surface area contributed by atoms with Gasteiger partial charge in [-0.15, -0.1) is 0 Å². The third kappa shape index (κ3) is 5.36. The maximum Gasteiger partial charge on any atom is 0.260 e. The highest BCUT2D eigenvalue weighted by molar-refractivity contribution is 6.07. The van der Waals surface area contributed by atoms with E-state index in [4.69, 9.17) is 18.9 Å². The predicted octanol–water partition coefficient (Wildman–Crippen LogP) is 3.61. The van der Waals surface area contributed by atoms with E-state index in [0.29, 0.717) is 34.1 Å². The lowest BCUT2D eigenvalue weighted by molar-refractivity contribution is -0.132. The van der Waals surface area contributed by atoms with Gasteiger partial charge in [-0.3, -0.25) is 9.59 Å². The van der Waals surface area contributed by atoms with Crippen molar-refractivity contribution in [2.24, 2.45) is 0 Å². The summed E-state index contributed by atoms with van der Waals surface area (Å²) in [7, 11) is 4.61. The minimum absolute atomic E-state index is 0.00624. The number of ketones is 1. The monoisotopic (exact) mass is 425 g/mol. The molecule has 1 amide bonds. The van der Waals surface area contributed by atoms with Crippen molar-refractivity contribution in [2.75, 3.05) is 41.0 Å². The molecule has 1 heterocycles. The lowest BCUT2D eigenvalue weighted by Crippen LogP contribution is -2.32. The first kappa shape index (κ1) is 22.2. The summed E-state index contributed by atoms with van der Waals surface area (Å²) in [6.07, 6.45) is 5.23. The number of methoxy groups -OCH3 is 3. The Balaban J connectivity index is 1.64. The highest BCUT2D eigenvalue weighted by Gasteiger charge is 2.18. The molecule has 1 aliphatic rings. The normalized spacial score (nSPS) is 13.3. The largest absolute Gasteiger partial charge is 0.493 e. The fourth-order valence-corrected chi connectivity index (χ4v) is 3.44. The molecular weight excluding hydrogens is 398 g/mol. The highest BCUT2D eigenvalue weighted by Crippen LogP contribution is 2.40. The average molecular weight is 425 g/mol. The number of amides is 1. The number of allylic oxidation sites excluding steroid dienone is 1. The Hall–Kier alpha value is -3.48. The minimum Gasteiger partial charge on any atom is -0.493 e. The van der Waals surface area contributed by atoms with Crippen LogP contribution in [-0.4, -0.2) is 57.6 Å². The first-order valence-corrected chi connectivity index (χ1v) is 10.1. The summed E-state index contributed by atoms with van der Waals surface area (Å²) in [5.74, 6) is 1.86. The molecule has 0 spiro atoms. The van der Waals surface area contributed by atoms with Gasteiger partial charge in [-0.05, 0) is 61.4 Å². The number of nitrogens with zero attached hydrogens (tertiary/aromatic N) is 1. The van der Waals surface area contributed by atoms with E-state index in [-0.39, 0.29) is 18.3 Å². The summed E-state index contributed by atoms with van der Waals surface area (Å²) in [5.41, 5.74) is 1.20. The third-order valence-electron chi connectivity index (χ3n) is 5.11. The van der Waals surface area contributed by atoms with Crippen LogP contribution in [-0.2, 0) is 4.79 Å². The van der Waals surface area contributed by atoms with Gasteiger partial charge in [0, 0.05) is 24.2 Å². The molecule has 0 radical (unpaired) electrons. The Labute approximate surface area is 182 Å². The van der Waals surface area contributed by atoms with Gasteiger partial charge in [0.1, 0.15) is 5.75 Å². The molecule has 31 heavy (non-hydrogen) atoms. The van der Waals surface area contributed by atoms with Crippen LogP contribution in [0.5, 0.6) is 23.0 Å². The molecule has 0 atom stereocenters. The first-order chi connectivity index (χ1) is 15.1. The van der Waals surface area contributed by atoms with Crippen LogP contribution >= 0.6 is 0 Å². The summed E-state index contributed by atoms with van der Waals surface area (Å²) < 4.78 is 21.6. The van der Waals surface area contributed by atoms with Gasteiger partial charge in [-0.25, -0.2) is 0 Å². The molecule has 164 valence electrons. The van der Waals surface area contributed by atoms with E-state index in [2.05, 4.69) is 0 Å². The molecule has 0 aliphatic carbocycles. The van der Waals surface area contributed by atoms with Crippen molar-refractivity contribution in [1.82, 2.24) is 4.90 Å². The van der Waals surface area contributed by atoms with Crippen LogP contribution in [0.3, 0.4) is 0 Å². The molecule has 2 aromatic carbocycles. The molecule has 2 aromatic rings. The molecule has 0 bridgehead atoms. The maximum atomic E-state index is 12.6. The quantitative estimate of drug-likeness (QED) is 0.451. The maximum absolute atomic E-state index is 12.6. The van der Waals surface area contributed by atoms with Gasteiger partial charge < -0.3 is 23.8 Å². The lowest BCUT2D eigenvalue weighted by atomic mass is 10.1. The number of ether oxygens (including phenoxy) is 4. The second-order valence-corrected chi connectivity index (χ2v) is 7.02. The van der Waals surface area contributed by atoms with Crippen molar-refractivity contribution in [3.8, 4) is 23.0 Å². The molecule has 0 N–H and O–H groups in total. The van der Waals surface area contributed by atoms with Gasteiger partial charge in [-0.2, -0.15) is 0 Å². The van der Waals surface area contributed by atoms with Crippen LogP contribution in [0.2, 0.25) is 0 Å². The lowest BCUT2D eigenvalue weighted by Gasteiger charge is -2.15. The molecule has 0 aromatic heterocycles. The van der Waals surface area contributed by atoms with Crippen LogP contribution in [0.1, 0.15) is 28.8 Å². The average Bonchev–Trinajstić information content (AvgIpc) is 3.35. The topological polar surface area (TPSA) is 74.3 Å². The molecule has 7 heteroatoms. The van der Waals surface area contributed by atoms with Crippen molar-refractivity contribution in [3.05, 3.63) is 53.6 Å². The Bertz CT molecular complexity index is 945. The van der Waals surface area contributed by atoms with Gasteiger partial charge in [0.05, 0.1) is 21.3 Å². The zero-order valence-electron chi connectivity index (χ0n) is 18.1. The third-order valence-corrected chi connectivity index (χ3v) is 5.11. The highest BCUT2D eigenvalue weighted by atomic mass is 16.5. The number of hydrogen-bond donors (Lipinski definition) is 0. The fraction of sp³-hybridized carbons (Fsp3) is 0.333. The molecule has 3 rings (SSSR count). The summed E-state index contributed by atoms with van der Waals surface area (Å²) in [6.45, 7) is 1.60. The van der Waals surface area contributed by atoms with E-state index in [1.165, 1.54) is 20.3 Å². The van der Waals surface area contributed by atoms with Crippen molar-refractivity contribution in [1.29, 1.82) is 0 Å². The van der Waals surface area contributed by atoms with E-state index in [1.54, 1.807) is 49.6 Å². The van der Waals surface area contributed by atoms with E-state index in [1.807, 2.05) is 4.90 Å². The number of carbonyl (C=O) groups is 2. The van der Waals surface area contributed by atoms with Crippen LogP contribution in [0, 0.1) is 0 Å². The first-order valence-electron chi connectivity index (χ1n) is 10.1. The van der Waals surface area contributed by atoms with Gasteiger partial charge in [0.25, 0.3) is 5.91 Å². The molecule has 0 unspecified atom stereocenters. The smallest absolute Gasteiger partial charge is 0.260 e. The van der Waals surface area contributed by atoms with E-state index >= 15 is 0 Å². The Kier molecular flexibility index (Phi) is 7.54. The number of hydrogen-bond acceptors (Lipinski definition) is 6. The van der Waals surface area contributed by atoms with Crippen LogP contribution < -0.4 is 18.9 Å². The molecule has 1 saturated heterocycles. The van der Waals surface area contributed by atoms with E-state index in [9.17, 15) is 9.59 Å². The van der Waals surface area contributed by atoms with Crippen LogP contribution in [0.25, 0.3) is 6.08 Å². The molecule has 1 aliphatic heterocycles. The standard InChI is InChI=1S/C24H27NO6/c1-28-21-13-9-18(23(29-2)24(21)30-3)8-12-20(26)17-6-10-19(11-7-17)31-16-22(27)25-14-4-5-15-25/h6-13H,4-5,14-16H2,1-3H3/b12-8+. The Morgan fingerprint density at radius 3 is 2.19 bits per heavy atom. The number of carbonyl (C=O) groups excluding carboxylic acids is 2. The number of benzene rings is 2. The zero-order valence-corrected chi connectivity index (χ0v) is 18.1. The second kappa shape index (κ2) is 10.5. The molecule has 0 saturated carbocycles. The van der Waals surface area contributed by atoms with Crippen molar-refractivity contribution >= 4 is 17.8 Å².